The molecule has 2 rings (SSSR count). The van der Waals surface area contributed by atoms with Crippen molar-refractivity contribution in [3.05, 3.63) is 46.3 Å². The Labute approximate surface area is 89.2 Å². The van der Waals surface area contributed by atoms with Gasteiger partial charge in [-0.15, -0.1) is 0 Å². The molecule has 1 heterocycles. The summed E-state index contributed by atoms with van der Waals surface area (Å²) in [5, 5.41) is 0.519. The number of fused-ring (bicyclic) bond motifs is 1. The molecule has 82 valence electrons. The normalized spacial score (nSPS) is 10.4. The van der Waals surface area contributed by atoms with Crippen molar-refractivity contribution < 1.29 is 18.3 Å². The Morgan fingerprint density at radius 1 is 1.38 bits per heavy atom. The van der Waals surface area contributed by atoms with E-state index >= 15 is 0 Å². The molecule has 0 amide bonds. The molecule has 0 radical (unpaired) electrons. The summed E-state index contributed by atoms with van der Waals surface area (Å²) in [5.74, 6) is -1.49. The lowest BCUT2D eigenvalue weighted by Gasteiger charge is -2.00. The van der Waals surface area contributed by atoms with Gasteiger partial charge in [-0.25, -0.2) is 14.0 Å². The molecule has 0 saturated heterocycles. The summed E-state index contributed by atoms with van der Waals surface area (Å²) in [4.78, 5) is 22.6. The third-order valence-electron chi connectivity index (χ3n) is 2.11. The SMILES string of the molecule is COC(=O)c1cc2ccc(F)cc2c(=O)o1. The van der Waals surface area contributed by atoms with Crippen LogP contribution in [0.15, 0.2) is 33.5 Å². The monoisotopic (exact) mass is 222 g/mol. The lowest BCUT2D eigenvalue weighted by Crippen LogP contribution is -2.08. The van der Waals surface area contributed by atoms with Crippen molar-refractivity contribution in [3.63, 3.8) is 0 Å². The van der Waals surface area contributed by atoms with Crippen molar-refractivity contribution in [2.75, 3.05) is 7.11 Å². The Morgan fingerprint density at radius 3 is 2.81 bits per heavy atom. The predicted molar refractivity (Wildman–Crippen MR) is 53.8 cm³/mol. The van der Waals surface area contributed by atoms with Crippen LogP contribution in [0.4, 0.5) is 4.39 Å². The van der Waals surface area contributed by atoms with Crippen LogP contribution in [0.25, 0.3) is 10.8 Å². The number of halogens is 1. The molecule has 0 aliphatic rings. The molecule has 16 heavy (non-hydrogen) atoms. The van der Waals surface area contributed by atoms with Gasteiger partial charge in [-0.2, -0.15) is 0 Å². The van der Waals surface area contributed by atoms with Crippen molar-refractivity contribution >= 4 is 16.7 Å². The number of methoxy groups -OCH3 is 1. The summed E-state index contributed by atoms with van der Waals surface area (Å²) in [6.45, 7) is 0. The first-order valence-corrected chi connectivity index (χ1v) is 4.43. The number of ether oxygens (including phenoxy) is 1. The number of esters is 1. The van der Waals surface area contributed by atoms with Gasteiger partial charge in [0.25, 0.3) is 0 Å². The van der Waals surface area contributed by atoms with Gasteiger partial charge in [-0.1, -0.05) is 6.07 Å². The van der Waals surface area contributed by atoms with Crippen LogP contribution in [0.1, 0.15) is 10.6 Å². The first-order valence-electron chi connectivity index (χ1n) is 4.43. The second-order valence-corrected chi connectivity index (χ2v) is 3.12. The first kappa shape index (κ1) is 10.4. The van der Waals surface area contributed by atoms with E-state index < -0.39 is 17.4 Å². The third kappa shape index (κ3) is 1.67. The van der Waals surface area contributed by atoms with Gasteiger partial charge in [0.15, 0.2) is 0 Å². The summed E-state index contributed by atoms with van der Waals surface area (Å²) in [7, 11) is 1.18. The largest absolute Gasteiger partial charge is 0.463 e. The molecule has 0 bridgehead atoms. The number of carbonyl (C=O) groups excluding carboxylic acids is 1. The molecule has 0 saturated carbocycles. The first-order chi connectivity index (χ1) is 7.61. The molecule has 1 aromatic heterocycles. The fourth-order valence-electron chi connectivity index (χ4n) is 1.36. The van der Waals surface area contributed by atoms with E-state index in [1.807, 2.05) is 0 Å². The Kier molecular flexibility index (Phi) is 2.44. The number of hydrogen-bond donors (Lipinski definition) is 0. The molecule has 0 fully saturated rings. The molecule has 0 unspecified atom stereocenters. The van der Waals surface area contributed by atoms with Gasteiger partial charge in [0.05, 0.1) is 12.5 Å². The van der Waals surface area contributed by atoms with Gasteiger partial charge in [0.1, 0.15) is 5.82 Å². The standard InChI is InChI=1S/C11H7FO4/c1-15-11(14)9-4-6-2-3-7(12)5-8(6)10(13)16-9/h2-5H,1H3. The van der Waals surface area contributed by atoms with Crippen LogP contribution in [0, 0.1) is 5.82 Å². The van der Waals surface area contributed by atoms with Crippen molar-refractivity contribution in [1.29, 1.82) is 0 Å². The molecule has 0 atom stereocenters. The molecule has 5 heteroatoms. The van der Waals surface area contributed by atoms with Crippen molar-refractivity contribution in [2.24, 2.45) is 0 Å². The van der Waals surface area contributed by atoms with Crippen molar-refractivity contribution in [3.8, 4) is 0 Å². The number of hydrogen-bond acceptors (Lipinski definition) is 4. The highest BCUT2D eigenvalue weighted by molar-refractivity contribution is 5.91. The van der Waals surface area contributed by atoms with Crippen LogP contribution >= 0.6 is 0 Å². The van der Waals surface area contributed by atoms with E-state index in [4.69, 9.17) is 4.42 Å². The zero-order valence-corrected chi connectivity index (χ0v) is 8.32. The Hall–Kier alpha value is -2.17. The van der Waals surface area contributed by atoms with Crippen molar-refractivity contribution in [1.82, 2.24) is 0 Å². The fourth-order valence-corrected chi connectivity index (χ4v) is 1.36. The molecule has 0 aliphatic carbocycles. The number of benzene rings is 1. The summed E-state index contributed by atoms with van der Waals surface area (Å²) in [6.07, 6.45) is 0. The van der Waals surface area contributed by atoms with Crippen LogP contribution < -0.4 is 5.63 Å². The van der Waals surface area contributed by atoms with Crippen LogP contribution in [0.5, 0.6) is 0 Å². The molecule has 2 aromatic rings. The minimum Gasteiger partial charge on any atom is -0.463 e. The van der Waals surface area contributed by atoms with Crippen molar-refractivity contribution in [2.45, 2.75) is 0 Å². The van der Waals surface area contributed by atoms with E-state index in [0.717, 1.165) is 6.07 Å². The zero-order chi connectivity index (χ0) is 11.7. The topological polar surface area (TPSA) is 56.5 Å². The van der Waals surface area contributed by atoms with Gasteiger partial charge >= 0.3 is 11.6 Å². The van der Waals surface area contributed by atoms with E-state index in [1.54, 1.807) is 0 Å². The maximum absolute atomic E-state index is 12.9. The maximum atomic E-state index is 12.9. The fraction of sp³-hybridized carbons (Fsp3) is 0.0909. The summed E-state index contributed by atoms with van der Waals surface area (Å²) < 4.78 is 22.0. The Morgan fingerprint density at radius 2 is 2.12 bits per heavy atom. The number of carbonyl (C=O) groups is 1. The zero-order valence-electron chi connectivity index (χ0n) is 8.32. The van der Waals surface area contributed by atoms with Crippen LogP contribution in [-0.2, 0) is 4.74 Å². The minimum absolute atomic E-state index is 0.0904. The highest BCUT2D eigenvalue weighted by atomic mass is 19.1. The molecule has 1 aromatic carbocycles. The highest BCUT2D eigenvalue weighted by Crippen LogP contribution is 2.14. The van der Waals surface area contributed by atoms with Gasteiger partial charge in [-0.05, 0) is 23.6 Å². The van der Waals surface area contributed by atoms with Gasteiger partial charge in [0.2, 0.25) is 5.76 Å². The molecule has 0 aliphatic heterocycles. The molecular weight excluding hydrogens is 215 g/mol. The molecule has 0 N–H and O–H groups in total. The summed E-state index contributed by atoms with van der Waals surface area (Å²) in [6, 6.07) is 4.99. The van der Waals surface area contributed by atoms with Gasteiger partial charge < -0.3 is 9.15 Å². The smallest absolute Gasteiger partial charge is 0.374 e. The summed E-state index contributed by atoms with van der Waals surface area (Å²) in [5.41, 5.74) is -0.766. The quantitative estimate of drug-likeness (QED) is 0.689. The average Bonchev–Trinajstić information content (AvgIpc) is 2.28. The van der Waals surface area contributed by atoms with E-state index in [2.05, 4.69) is 4.74 Å². The number of rotatable bonds is 1. The third-order valence-corrected chi connectivity index (χ3v) is 2.11. The Balaban J connectivity index is 2.73. The summed E-state index contributed by atoms with van der Waals surface area (Å²) >= 11 is 0. The van der Waals surface area contributed by atoms with Crippen LogP contribution in [-0.4, -0.2) is 13.1 Å². The Bertz CT molecular complexity index is 615. The second-order valence-electron chi connectivity index (χ2n) is 3.12. The lowest BCUT2D eigenvalue weighted by atomic mass is 10.1. The highest BCUT2D eigenvalue weighted by Gasteiger charge is 2.12. The van der Waals surface area contributed by atoms with E-state index in [-0.39, 0.29) is 11.1 Å². The second kappa shape index (κ2) is 3.77. The van der Waals surface area contributed by atoms with Gasteiger partial charge in [0, 0.05) is 0 Å². The minimum atomic E-state index is -0.766. The maximum Gasteiger partial charge on any atom is 0.374 e. The van der Waals surface area contributed by atoms with E-state index in [1.165, 1.54) is 25.3 Å². The predicted octanol–water partition coefficient (Wildman–Crippen LogP) is 1.72. The van der Waals surface area contributed by atoms with E-state index in [9.17, 15) is 14.0 Å². The molecule has 0 spiro atoms. The van der Waals surface area contributed by atoms with Crippen LogP contribution in [0.3, 0.4) is 0 Å². The molecule has 4 nitrogen and oxygen atoms in total. The van der Waals surface area contributed by atoms with Gasteiger partial charge in [-0.3, -0.25) is 0 Å². The average molecular weight is 222 g/mol. The van der Waals surface area contributed by atoms with Crippen LogP contribution in [0.2, 0.25) is 0 Å². The van der Waals surface area contributed by atoms with E-state index in [0.29, 0.717) is 5.39 Å². The molecular formula is C11H7FO4. The lowest BCUT2D eigenvalue weighted by molar-refractivity contribution is 0.0560.